The fraction of sp³-hybridized carbons (Fsp3) is 0.519. The lowest BCUT2D eigenvalue weighted by molar-refractivity contribution is 0.0925. The smallest absolute Gasteiger partial charge is 0.274 e. The van der Waals surface area contributed by atoms with Crippen molar-refractivity contribution in [3.05, 3.63) is 59.7 Å². The minimum absolute atomic E-state index is 0.134. The molecule has 0 atom stereocenters. The van der Waals surface area contributed by atoms with Crippen LogP contribution in [0.25, 0.3) is 5.69 Å². The van der Waals surface area contributed by atoms with Crippen LogP contribution in [0.2, 0.25) is 0 Å². The molecule has 1 aliphatic carbocycles. The van der Waals surface area contributed by atoms with Crippen LogP contribution < -0.4 is 5.32 Å². The van der Waals surface area contributed by atoms with E-state index in [1.54, 1.807) is 23.1 Å². The molecule has 7 nitrogen and oxygen atoms in total. The Balaban J connectivity index is 1.52. The summed E-state index contributed by atoms with van der Waals surface area (Å²) in [5, 5.41) is 12.7. The van der Waals surface area contributed by atoms with Gasteiger partial charge in [-0.15, -0.1) is 5.10 Å². The quantitative estimate of drug-likeness (QED) is 0.332. The predicted octanol–water partition coefficient (Wildman–Crippen LogP) is 6.06. The Morgan fingerprint density at radius 2 is 1.54 bits per heavy atom. The fourth-order valence-corrected chi connectivity index (χ4v) is 5.35. The lowest BCUT2D eigenvalue weighted by Gasteiger charge is -2.19. The van der Waals surface area contributed by atoms with Crippen molar-refractivity contribution < 1.29 is 4.79 Å². The third-order valence-electron chi connectivity index (χ3n) is 6.58. The van der Waals surface area contributed by atoms with Crippen molar-refractivity contribution in [1.29, 1.82) is 0 Å². The van der Waals surface area contributed by atoms with Crippen LogP contribution in [-0.4, -0.2) is 36.9 Å². The van der Waals surface area contributed by atoms with E-state index in [1.165, 1.54) is 62.3 Å². The highest BCUT2D eigenvalue weighted by Gasteiger charge is 2.23. The highest BCUT2D eigenvalue weighted by Crippen LogP contribution is 2.24. The largest absolute Gasteiger partial charge is 0.348 e. The molecule has 0 aliphatic heterocycles. The lowest BCUT2D eigenvalue weighted by atomic mass is 9.98. The molecule has 0 bridgehead atoms. The van der Waals surface area contributed by atoms with E-state index in [2.05, 4.69) is 32.5 Å². The van der Waals surface area contributed by atoms with Crippen molar-refractivity contribution in [3.63, 3.8) is 0 Å². The number of amides is 1. The zero-order valence-electron chi connectivity index (χ0n) is 20.7. The molecule has 0 radical (unpaired) electrons. The molecule has 186 valence electrons. The van der Waals surface area contributed by atoms with Gasteiger partial charge in [-0.2, -0.15) is 0 Å². The molecule has 35 heavy (non-hydrogen) atoms. The topological polar surface area (TPSA) is 85.6 Å². The minimum atomic E-state index is -0.134. The molecule has 1 aromatic carbocycles. The molecule has 1 amide bonds. The summed E-state index contributed by atoms with van der Waals surface area (Å²) in [7, 11) is 0. The Kier molecular flexibility index (Phi) is 9.69. The maximum absolute atomic E-state index is 13.5. The number of nitrogens with zero attached hydrogens (tertiary/aromatic N) is 5. The first-order valence-corrected chi connectivity index (χ1v) is 13.9. The molecule has 4 rings (SSSR count). The Labute approximate surface area is 212 Å². The molecule has 3 aromatic rings. The number of carbonyl (C=O) groups is 1. The minimum Gasteiger partial charge on any atom is -0.348 e. The van der Waals surface area contributed by atoms with Gasteiger partial charge >= 0.3 is 0 Å². The highest BCUT2D eigenvalue weighted by molar-refractivity contribution is 7.98. The highest BCUT2D eigenvalue weighted by atomic mass is 32.2. The lowest BCUT2D eigenvalue weighted by Crippen LogP contribution is -2.35. The maximum atomic E-state index is 13.5. The van der Waals surface area contributed by atoms with Gasteiger partial charge < -0.3 is 5.32 Å². The molecular weight excluding hydrogens is 456 g/mol. The van der Waals surface area contributed by atoms with Gasteiger partial charge in [0.05, 0.1) is 11.4 Å². The number of carbonyl (C=O) groups excluding carboxylic acids is 1. The second-order valence-electron chi connectivity index (χ2n) is 9.38. The molecule has 2 heterocycles. The van der Waals surface area contributed by atoms with E-state index in [-0.39, 0.29) is 11.9 Å². The summed E-state index contributed by atoms with van der Waals surface area (Å²) in [6, 6.07) is 10.1. The van der Waals surface area contributed by atoms with E-state index in [9.17, 15) is 4.79 Å². The fourth-order valence-electron chi connectivity index (χ4n) is 4.56. The third-order valence-corrected chi connectivity index (χ3v) is 7.46. The van der Waals surface area contributed by atoms with Crippen LogP contribution in [0.3, 0.4) is 0 Å². The number of hydrogen-bond donors (Lipinski definition) is 1. The molecule has 1 aliphatic rings. The van der Waals surface area contributed by atoms with E-state index in [0.29, 0.717) is 16.6 Å². The van der Waals surface area contributed by atoms with Gasteiger partial charge in [0.15, 0.2) is 10.9 Å². The summed E-state index contributed by atoms with van der Waals surface area (Å²) in [6.07, 6.45) is 17.0. The van der Waals surface area contributed by atoms with Crippen molar-refractivity contribution in [2.24, 2.45) is 0 Å². The van der Waals surface area contributed by atoms with Crippen LogP contribution in [0.1, 0.15) is 92.4 Å². The number of rotatable bonds is 6. The molecule has 1 N–H and O–H groups in total. The Bertz CT molecular complexity index is 1040. The molecule has 1 saturated carbocycles. The van der Waals surface area contributed by atoms with Gasteiger partial charge in [-0.25, -0.2) is 14.6 Å². The zero-order valence-corrected chi connectivity index (χ0v) is 21.5. The van der Waals surface area contributed by atoms with Crippen molar-refractivity contribution in [1.82, 2.24) is 30.3 Å². The molecule has 1 fully saturated rings. The van der Waals surface area contributed by atoms with Crippen molar-refractivity contribution in [2.75, 3.05) is 0 Å². The molecular formula is C27H36N6OS. The Morgan fingerprint density at radius 3 is 2.17 bits per heavy atom. The number of benzene rings is 1. The van der Waals surface area contributed by atoms with Crippen LogP contribution in [0.4, 0.5) is 0 Å². The standard InChI is InChI=1S/C27H36N6OS/c1-21-14-16-23(17-15-21)33-24(20-35-27-28-18-11-19-29-27)25(31-32-33)26(34)30-22-12-9-7-5-3-2-4-6-8-10-13-22/h11,14-19,22H,2-10,12-13,20H2,1H3,(H,30,34). The number of nitrogens with one attached hydrogen (secondary N) is 1. The van der Waals surface area contributed by atoms with Gasteiger partial charge in [-0.05, 0) is 38.0 Å². The van der Waals surface area contributed by atoms with Gasteiger partial charge in [-0.1, -0.05) is 92.5 Å². The van der Waals surface area contributed by atoms with Crippen LogP contribution in [0.5, 0.6) is 0 Å². The second-order valence-corrected chi connectivity index (χ2v) is 10.3. The van der Waals surface area contributed by atoms with Gasteiger partial charge in [0, 0.05) is 24.2 Å². The van der Waals surface area contributed by atoms with Crippen LogP contribution in [0, 0.1) is 6.92 Å². The van der Waals surface area contributed by atoms with Gasteiger partial charge in [0.2, 0.25) is 0 Å². The molecule has 2 aromatic heterocycles. The average Bonchev–Trinajstić information content (AvgIpc) is 3.29. The molecule has 0 spiro atoms. The van der Waals surface area contributed by atoms with Gasteiger partial charge in [0.1, 0.15) is 0 Å². The summed E-state index contributed by atoms with van der Waals surface area (Å²) < 4.78 is 1.77. The van der Waals surface area contributed by atoms with Gasteiger partial charge in [0.25, 0.3) is 5.91 Å². The third kappa shape index (κ3) is 7.62. The van der Waals surface area contributed by atoms with Crippen LogP contribution in [-0.2, 0) is 5.75 Å². The number of aromatic nitrogens is 5. The second kappa shape index (κ2) is 13.4. The van der Waals surface area contributed by atoms with E-state index in [0.717, 1.165) is 37.1 Å². The SMILES string of the molecule is Cc1ccc(-n2nnc(C(=O)NC3CCCCCCCCCCC3)c2CSc2ncccn2)cc1. The number of thioether (sulfide) groups is 1. The van der Waals surface area contributed by atoms with Crippen molar-refractivity contribution in [3.8, 4) is 5.69 Å². The molecule has 0 unspecified atom stereocenters. The Morgan fingerprint density at radius 1 is 0.943 bits per heavy atom. The number of hydrogen-bond acceptors (Lipinski definition) is 6. The van der Waals surface area contributed by atoms with Crippen molar-refractivity contribution in [2.45, 2.75) is 94.5 Å². The summed E-state index contributed by atoms with van der Waals surface area (Å²) in [4.78, 5) is 22.1. The Hall–Kier alpha value is -2.74. The van der Waals surface area contributed by atoms with Crippen molar-refractivity contribution >= 4 is 17.7 Å². The van der Waals surface area contributed by atoms with Crippen LogP contribution in [0.15, 0.2) is 47.9 Å². The van der Waals surface area contributed by atoms with Gasteiger partial charge in [-0.3, -0.25) is 4.79 Å². The predicted molar refractivity (Wildman–Crippen MR) is 140 cm³/mol. The normalized spacial score (nSPS) is 16.3. The van der Waals surface area contributed by atoms with E-state index in [4.69, 9.17) is 0 Å². The van der Waals surface area contributed by atoms with E-state index < -0.39 is 0 Å². The van der Waals surface area contributed by atoms with Crippen LogP contribution >= 0.6 is 11.8 Å². The summed E-state index contributed by atoms with van der Waals surface area (Å²) in [6.45, 7) is 2.05. The summed E-state index contributed by atoms with van der Waals surface area (Å²) in [5.41, 5.74) is 3.21. The average molecular weight is 493 g/mol. The first-order chi connectivity index (χ1) is 17.2. The first-order valence-electron chi connectivity index (χ1n) is 12.9. The number of aryl methyl sites for hydroxylation is 1. The summed E-state index contributed by atoms with van der Waals surface area (Å²) in [5.74, 6) is 0.364. The zero-order chi connectivity index (χ0) is 24.3. The first kappa shape index (κ1) is 25.4. The summed E-state index contributed by atoms with van der Waals surface area (Å²) >= 11 is 1.48. The molecule has 0 saturated heterocycles. The van der Waals surface area contributed by atoms with E-state index >= 15 is 0 Å². The monoisotopic (exact) mass is 492 g/mol. The maximum Gasteiger partial charge on any atom is 0.274 e. The molecule has 8 heteroatoms. The van der Waals surface area contributed by atoms with E-state index in [1.807, 2.05) is 24.3 Å².